The van der Waals surface area contributed by atoms with Gasteiger partial charge in [-0.05, 0) is 77.6 Å². The molecule has 3 nitrogen and oxygen atoms in total. The van der Waals surface area contributed by atoms with Gasteiger partial charge < -0.3 is 0 Å². The quantitative estimate of drug-likeness (QED) is 0.187. The second kappa shape index (κ2) is 11.5. The fourth-order valence-electron chi connectivity index (χ4n) is 6.27. The van der Waals surface area contributed by atoms with E-state index in [1.54, 1.807) is 0 Å². The molecule has 0 aliphatic heterocycles. The van der Waals surface area contributed by atoms with Crippen molar-refractivity contribution in [1.29, 1.82) is 0 Å². The molecule has 0 spiro atoms. The molecule has 8 aromatic rings. The number of aromatic nitrogens is 3. The molecule has 3 heterocycles. The van der Waals surface area contributed by atoms with Crippen LogP contribution in [-0.2, 0) is 0 Å². The summed E-state index contributed by atoms with van der Waals surface area (Å²) >= 11 is 0. The summed E-state index contributed by atoms with van der Waals surface area (Å²) in [6.45, 7) is 4.09. The number of benzene rings is 5. The number of hydrogen-bond donors (Lipinski definition) is 0. The van der Waals surface area contributed by atoms with Crippen LogP contribution < -0.4 is 0 Å². The van der Waals surface area contributed by atoms with E-state index in [2.05, 4.69) is 153 Å². The first-order valence-electron chi connectivity index (χ1n) is 15.6. The number of aryl methyl sites for hydroxylation is 2. The summed E-state index contributed by atoms with van der Waals surface area (Å²) in [6, 6.07) is 53.5. The topological polar surface area (TPSA) is 38.7 Å². The van der Waals surface area contributed by atoms with Crippen molar-refractivity contribution in [2.75, 3.05) is 0 Å². The molecule has 0 saturated heterocycles. The zero-order valence-corrected chi connectivity index (χ0v) is 25.8. The summed E-state index contributed by atoms with van der Waals surface area (Å²) in [6.07, 6.45) is 0. The fourth-order valence-corrected chi connectivity index (χ4v) is 6.27. The van der Waals surface area contributed by atoms with Crippen LogP contribution in [0.25, 0.3) is 77.7 Å². The molecule has 0 amide bonds. The molecule has 0 saturated carbocycles. The highest BCUT2D eigenvalue weighted by atomic mass is 14.8. The van der Waals surface area contributed by atoms with Crippen LogP contribution in [0.4, 0.5) is 0 Å². The maximum atomic E-state index is 5.14. The highest BCUT2D eigenvalue weighted by molar-refractivity contribution is 6.08. The highest BCUT2D eigenvalue weighted by Crippen LogP contribution is 2.35. The molecule has 3 aromatic heterocycles. The monoisotopic (exact) mass is 589 g/mol. The Morgan fingerprint density at radius 1 is 0.348 bits per heavy atom. The van der Waals surface area contributed by atoms with Crippen LogP contribution in [0.2, 0.25) is 0 Å². The molecule has 0 atom stereocenters. The van der Waals surface area contributed by atoms with Crippen LogP contribution in [0.3, 0.4) is 0 Å². The molecule has 0 unspecified atom stereocenters. The van der Waals surface area contributed by atoms with Crippen molar-refractivity contribution >= 4 is 21.8 Å². The van der Waals surface area contributed by atoms with Gasteiger partial charge in [-0.25, -0.2) is 4.98 Å². The van der Waals surface area contributed by atoms with Gasteiger partial charge in [0.1, 0.15) is 0 Å². The number of rotatable bonds is 5. The van der Waals surface area contributed by atoms with E-state index in [0.29, 0.717) is 0 Å². The van der Waals surface area contributed by atoms with Crippen LogP contribution >= 0.6 is 0 Å². The van der Waals surface area contributed by atoms with E-state index in [9.17, 15) is 0 Å². The zero-order chi connectivity index (χ0) is 31.0. The molecule has 218 valence electrons. The van der Waals surface area contributed by atoms with Crippen molar-refractivity contribution in [3.8, 4) is 55.9 Å². The summed E-state index contributed by atoms with van der Waals surface area (Å²) in [5.41, 5.74) is 14.9. The minimum absolute atomic E-state index is 0.952. The molecular weight excluding hydrogens is 558 g/mol. The Hall–Kier alpha value is -5.93. The predicted octanol–water partition coefficient (Wildman–Crippen LogP) is 11.1. The molecule has 3 heteroatoms. The zero-order valence-electron chi connectivity index (χ0n) is 25.8. The third-order valence-corrected chi connectivity index (χ3v) is 8.60. The molecule has 0 N–H and O–H groups in total. The Kier molecular flexibility index (Phi) is 6.92. The largest absolute Gasteiger partial charge is 0.251 e. The highest BCUT2D eigenvalue weighted by Gasteiger charge is 2.13. The third kappa shape index (κ3) is 5.22. The van der Waals surface area contributed by atoms with Crippen LogP contribution in [0.5, 0.6) is 0 Å². The molecule has 0 radical (unpaired) electrons. The van der Waals surface area contributed by atoms with Gasteiger partial charge >= 0.3 is 0 Å². The number of fused-ring (bicyclic) bond motifs is 3. The van der Waals surface area contributed by atoms with Gasteiger partial charge in [0.15, 0.2) is 0 Å². The van der Waals surface area contributed by atoms with Crippen molar-refractivity contribution < 1.29 is 0 Å². The first-order valence-corrected chi connectivity index (χ1v) is 15.6. The fraction of sp³-hybridized carbons (Fsp3) is 0.0465. The van der Waals surface area contributed by atoms with Gasteiger partial charge in [-0.3, -0.25) is 9.97 Å². The summed E-state index contributed by atoms with van der Waals surface area (Å²) in [5.74, 6) is 0. The number of hydrogen-bond acceptors (Lipinski definition) is 3. The Balaban J connectivity index is 1.18. The second-order valence-electron chi connectivity index (χ2n) is 11.8. The van der Waals surface area contributed by atoms with Crippen LogP contribution in [0, 0.1) is 13.8 Å². The van der Waals surface area contributed by atoms with Crippen molar-refractivity contribution in [1.82, 2.24) is 15.0 Å². The Morgan fingerprint density at radius 2 is 0.935 bits per heavy atom. The average molecular weight is 590 g/mol. The number of nitrogens with zero attached hydrogens (tertiary/aromatic N) is 3. The molecule has 0 bridgehead atoms. The van der Waals surface area contributed by atoms with Crippen LogP contribution in [-0.4, -0.2) is 15.0 Å². The first-order chi connectivity index (χ1) is 22.6. The van der Waals surface area contributed by atoms with E-state index in [1.807, 2.05) is 13.0 Å². The molecule has 0 aliphatic rings. The van der Waals surface area contributed by atoms with Gasteiger partial charge in [0.25, 0.3) is 0 Å². The Morgan fingerprint density at radius 3 is 1.70 bits per heavy atom. The molecule has 8 rings (SSSR count). The van der Waals surface area contributed by atoms with Gasteiger partial charge in [0.2, 0.25) is 0 Å². The minimum atomic E-state index is 0.952. The van der Waals surface area contributed by atoms with Crippen molar-refractivity contribution in [3.05, 3.63) is 163 Å². The summed E-state index contributed by atoms with van der Waals surface area (Å²) in [4.78, 5) is 14.9. The molecule has 46 heavy (non-hydrogen) atoms. The lowest BCUT2D eigenvalue weighted by Crippen LogP contribution is -1.93. The Bertz CT molecular complexity index is 2300. The third-order valence-electron chi connectivity index (χ3n) is 8.60. The molecule has 0 aliphatic carbocycles. The molecule has 0 fully saturated rings. The van der Waals surface area contributed by atoms with Crippen molar-refractivity contribution in [3.63, 3.8) is 0 Å². The van der Waals surface area contributed by atoms with E-state index < -0.39 is 0 Å². The lowest BCUT2D eigenvalue weighted by Gasteiger charge is -2.12. The van der Waals surface area contributed by atoms with E-state index in [0.717, 1.165) is 78.0 Å². The van der Waals surface area contributed by atoms with E-state index >= 15 is 0 Å². The maximum absolute atomic E-state index is 5.14. The SMILES string of the molecule is Cc1ccc2ccc3c(-c4ccc(-c5cccc(-c6cc(-c7ccccc7)cc(-c7ccccc7)n6)c5)cc4)cc(C)nc3c2n1. The second-order valence-corrected chi connectivity index (χ2v) is 11.8. The lowest BCUT2D eigenvalue weighted by atomic mass is 9.95. The summed E-state index contributed by atoms with van der Waals surface area (Å²) in [5, 5.41) is 2.22. The smallest absolute Gasteiger partial charge is 0.0974 e. The van der Waals surface area contributed by atoms with Gasteiger partial charge in [-0.2, -0.15) is 0 Å². The lowest BCUT2D eigenvalue weighted by molar-refractivity contribution is 1.23. The van der Waals surface area contributed by atoms with Gasteiger partial charge in [0, 0.05) is 33.3 Å². The molecular formula is C43H31N3. The van der Waals surface area contributed by atoms with Crippen molar-refractivity contribution in [2.24, 2.45) is 0 Å². The standard InChI is InChI=1S/C43H31N3/c1-28-16-17-34-22-23-38-39(24-29(2)45-43(38)42(34)44-28)32-20-18-31(19-21-32)35-14-9-15-36(25-35)41-27-37(30-10-5-3-6-11-30)26-40(46-41)33-12-7-4-8-13-33/h3-27H,1-2H3. The summed E-state index contributed by atoms with van der Waals surface area (Å²) in [7, 11) is 0. The molecule has 5 aromatic carbocycles. The summed E-state index contributed by atoms with van der Waals surface area (Å²) < 4.78 is 0. The normalized spacial score (nSPS) is 11.3. The van der Waals surface area contributed by atoms with Crippen molar-refractivity contribution in [2.45, 2.75) is 13.8 Å². The van der Waals surface area contributed by atoms with Crippen LogP contribution in [0.1, 0.15) is 11.4 Å². The van der Waals surface area contributed by atoms with Crippen LogP contribution in [0.15, 0.2) is 152 Å². The van der Waals surface area contributed by atoms with Gasteiger partial charge in [-0.15, -0.1) is 0 Å². The predicted molar refractivity (Wildman–Crippen MR) is 191 cm³/mol. The van der Waals surface area contributed by atoms with Gasteiger partial charge in [-0.1, -0.05) is 121 Å². The average Bonchev–Trinajstić information content (AvgIpc) is 3.12. The van der Waals surface area contributed by atoms with E-state index in [4.69, 9.17) is 15.0 Å². The minimum Gasteiger partial charge on any atom is -0.251 e. The van der Waals surface area contributed by atoms with Gasteiger partial charge in [0.05, 0.1) is 22.4 Å². The number of pyridine rings is 3. The first kappa shape index (κ1) is 27.6. The van der Waals surface area contributed by atoms with E-state index in [1.165, 1.54) is 11.1 Å². The van der Waals surface area contributed by atoms with E-state index in [-0.39, 0.29) is 0 Å². The maximum Gasteiger partial charge on any atom is 0.0974 e. The Labute approximate surface area is 268 Å².